The zero-order valence-corrected chi connectivity index (χ0v) is 15.8. The van der Waals surface area contributed by atoms with Crippen LogP contribution in [0.25, 0.3) is 6.08 Å². The number of carbonyl (C=O) groups is 1. The maximum atomic E-state index is 13.4. The summed E-state index contributed by atoms with van der Waals surface area (Å²) in [4.78, 5) is 40.8. The van der Waals surface area contributed by atoms with E-state index in [1.807, 2.05) is 0 Å². The third kappa shape index (κ3) is 6.00. The van der Waals surface area contributed by atoms with Crippen molar-refractivity contribution in [3.05, 3.63) is 53.5 Å². The fourth-order valence-electron chi connectivity index (χ4n) is 2.27. The Labute approximate surface area is 174 Å². The SMILES string of the molecule is O=C(OC(CO[N+](=O)[O-])CO[N+](=O)[O-])C1=Cc2cc(Cl)cc(Cl)c2OC1C(F)(F)F. The number of ether oxygens (including phenoxy) is 2. The van der Waals surface area contributed by atoms with Crippen molar-refractivity contribution in [2.24, 2.45) is 0 Å². The van der Waals surface area contributed by atoms with E-state index in [1.165, 1.54) is 6.07 Å². The number of hydrogen-bond donors (Lipinski definition) is 0. The van der Waals surface area contributed by atoms with E-state index in [-0.39, 0.29) is 21.4 Å². The van der Waals surface area contributed by atoms with Gasteiger partial charge in [-0.15, -0.1) is 20.2 Å². The van der Waals surface area contributed by atoms with E-state index in [0.717, 1.165) is 12.1 Å². The first-order valence-electron chi connectivity index (χ1n) is 7.58. The Bertz CT molecular complexity index is 876. The summed E-state index contributed by atoms with van der Waals surface area (Å²) in [6.45, 7) is -2.07. The van der Waals surface area contributed by atoms with E-state index in [2.05, 4.69) is 14.4 Å². The Morgan fingerprint density at radius 3 is 2.23 bits per heavy atom. The van der Waals surface area contributed by atoms with Crippen molar-refractivity contribution in [1.82, 2.24) is 0 Å². The van der Waals surface area contributed by atoms with Crippen molar-refractivity contribution in [1.29, 1.82) is 0 Å². The molecule has 0 radical (unpaired) electrons. The molecule has 11 nitrogen and oxygen atoms in total. The lowest BCUT2D eigenvalue weighted by Gasteiger charge is -2.29. The monoisotopic (exact) mass is 476 g/mol. The van der Waals surface area contributed by atoms with Gasteiger partial charge >= 0.3 is 12.1 Å². The van der Waals surface area contributed by atoms with Crippen molar-refractivity contribution < 1.29 is 47.3 Å². The second kappa shape index (κ2) is 9.21. The minimum atomic E-state index is -5.09. The molecule has 1 heterocycles. The molecule has 1 aromatic carbocycles. The summed E-state index contributed by atoms with van der Waals surface area (Å²) < 4.78 is 49.8. The highest BCUT2D eigenvalue weighted by Crippen LogP contribution is 2.42. The highest BCUT2D eigenvalue weighted by Gasteiger charge is 2.49. The maximum absolute atomic E-state index is 13.4. The zero-order valence-electron chi connectivity index (χ0n) is 14.3. The molecule has 0 saturated carbocycles. The number of halogens is 5. The largest absolute Gasteiger partial charge is 0.474 e. The number of alkyl halides is 3. The Morgan fingerprint density at radius 2 is 1.73 bits per heavy atom. The van der Waals surface area contributed by atoms with E-state index >= 15 is 0 Å². The molecule has 0 saturated heterocycles. The van der Waals surface area contributed by atoms with E-state index in [9.17, 15) is 38.2 Å². The lowest BCUT2D eigenvalue weighted by atomic mass is 10.0. The molecule has 0 aliphatic carbocycles. The van der Waals surface area contributed by atoms with Crippen LogP contribution in [0.4, 0.5) is 13.2 Å². The summed E-state index contributed by atoms with van der Waals surface area (Å²) in [5, 5.41) is 17.8. The molecular formula is C14H9Cl2F3N2O9. The molecule has 0 aromatic heterocycles. The number of benzene rings is 1. The van der Waals surface area contributed by atoms with Crippen molar-refractivity contribution in [2.45, 2.75) is 18.4 Å². The summed E-state index contributed by atoms with van der Waals surface area (Å²) in [5.74, 6) is -2.02. The number of esters is 1. The Hall–Kier alpha value is -3.00. The lowest BCUT2D eigenvalue weighted by molar-refractivity contribution is -0.768. The van der Waals surface area contributed by atoms with Crippen molar-refractivity contribution in [3.63, 3.8) is 0 Å². The summed E-state index contributed by atoms with van der Waals surface area (Å²) in [6, 6.07) is 2.30. The minimum Gasteiger partial charge on any atom is -0.474 e. The Morgan fingerprint density at radius 1 is 1.17 bits per heavy atom. The molecule has 0 spiro atoms. The first-order valence-corrected chi connectivity index (χ1v) is 8.33. The van der Waals surface area contributed by atoms with Crippen LogP contribution in [-0.2, 0) is 19.2 Å². The quantitative estimate of drug-likeness (QED) is 0.314. The average molecular weight is 477 g/mol. The van der Waals surface area contributed by atoms with Gasteiger partial charge in [-0.3, -0.25) is 0 Å². The average Bonchev–Trinajstić information content (AvgIpc) is 2.61. The summed E-state index contributed by atoms with van der Waals surface area (Å²) >= 11 is 11.6. The predicted octanol–water partition coefficient (Wildman–Crippen LogP) is 3.03. The zero-order chi connectivity index (χ0) is 22.6. The molecule has 1 aromatic rings. The molecule has 2 rings (SSSR count). The first-order chi connectivity index (χ1) is 13.9. The van der Waals surface area contributed by atoms with Crippen LogP contribution in [0, 0.1) is 20.2 Å². The van der Waals surface area contributed by atoms with Gasteiger partial charge in [0, 0.05) is 10.6 Å². The van der Waals surface area contributed by atoms with Crippen LogP contribution in [0.3, 0.4) is 0 Å². The van der Waals surface area contributed by atoms with Crippen molar-refractivity contribution in [3.8, 4) is 5.75 Å². The van der Waals surface area contributed by atoms with E-state index in [1.54, 1.807) is 0 Å². The molecule has 16 heteroatoms. The van der Waals surface area contributed by atoms with Gasteiger partial charge in [0.25, 0.3) is 10.2 Å². The summed E-state index contributed by atoms with van der Waals surface area (Å²) in [5.41, 5.74) is -1.12. The van der Waals surface area contributed by atoms with E-state index < -0.39 is 53.3 Å². The maximum Gasteiger partial charge on any atom is 0.430 e. The molecule has 0 bridgehead atoms. The molecular weight excluding hydrogens is 468 g/mol. The van der Waals surface area contributed by atoms with Gasteiger partial charge in [-0.05, 0) is 18.2 Å². The summed E-state index contributed by atoms with van der Waals surface area (Å²) in [6.07, 6.45) is -8.91. The van der Waals surface area contributed by atoms with Gasteiger partial charge in [0.2, 0.25) is 6.10 Å². The Balaban J connectivity index is 2.34. The highest BCUT2D eigenvalue weighted by molar-refractivity contribution is 6.36. The molecule has 30 heavy (non-hydrogen) atoms. The van der Waals surface area contributed by atoms with E-state index in [0.29, 0.717) is 0 Å². The highest BCUT2D eigenvalue weighted by atomic mass is 35.5. The van der Waals surface area contributed by atoms with E-state index in [4.69, 9.17) is 27.9 Å². The number of carbonyl (C=O) groups excluding carboxylic acids is 1. The van der Waals surface area contributed by atoms with Gasteiger partial charge in [0.05, 0.1) is 10.6 Å². The van der Waals surface area contributed by atoms with Crippen LogP contribution in [0.1, 0.15) is 5.56 Å². The fraction of sp³-hybridized carbons (Fsp3) is 0.357. The first kappa shape index (κ1) is 23.3. The van der Waals surface area contributed by atoms with Crippen LogP contribution < -0.4 is 4.74 Å². The molecule has 0 fully saturated rings. The van der Waals surface area contributed by atoms with Gasteiger partial charge in [-0.25, -0.2) is 4.79 Å². The van der Waals surface area contributed by atoms with Crippen LogP contribution in [0.15, 0.2) is 17.7 Å². The molecule has 0 amide bonds. The molecule has 164 valence electrons. The number of hydrogen-bond acceptors (Lipinski definition) is 9. The molecule has 1 aliphatic heterocycles. The smallest absolute Gasteiger partial charge is 0.430 e. The number of rotatable bonds is 8. The van der Waals surface area contributed by atoms with Crippen LogP contribution in [-0.4, -0.2) is 47.7 Å². The standard InChI is InChI=1S/C14H9Cl2F3N2O9/c15-7-1-6-2-9(12(14(17,18)19)30-11(6)10(16)3-7)13(22)29-8(4-27-20(23)24)5-28-21(25)26/h1-3,8,12H,4-5H2. The molecule has 1 unspecified atom stereocenters. The molecule has 0 N–H and O–H groups in total. The third-order valence-electron chi connectivity index (χ3n) is 3.40. The van der Waals surface area contributed by atoms with Crippen molar-refractivity contribution in [2.75, 3.05) is 13.2 Å². The number of fused-ring (bicyclic) bond motifs is 1. The minimum absolute atomic E-state index is 0.0356. The van der Waals surface area contributed by atoms with Crippen molar-refractivity contribution >= 4 is 35.2 Å². The predicted molar refractivity (Wildman–Crippen MR) is 90.7 cm³/mol. The molecule has 1 atom stereocenters. The van der Waals surface area contributed by atoms with Gasteiger partial charge in [0.15, 0.2) is 0 Å². The second-order valence-corrected chi connectivity index (χ2v) is 6.35. The topological polar surface area (TPSA) is 140 Å². The fourth-order valence-corrected chi connectivity index (χ4v) is 2.82. The van der Waals surface area contributed by atoms with Crippen LogP contribution >= 0.6 is 23.2 Å². The Kier molecular flexibility index (Phi) is 7.15. The lowest BCUT2D eigenvalue weighted by Crippen LogP contribution is -2.42. The normalized spacial score (nSPS) is 15.5. The van der Waals surface area contributed by atoms with Gasteiger partial charge in [-0.2, -0.15) is 13.2 Å². The van der Waals surface area contributed by atoms with Gasteiger partial charge < -0.3 is 19.1 Å². The number of nitrogens with zero attached hydrogens (tertiary/aromatic N) is 2. The van der Waals surface area contributed by atoms with Crippen LogP contribution in [0.2, 0.25) is 10.0 Å². The van der Waals surface area contributed by atoms with Crippen LogP contribution in [0.5, 0.6) is 5.75 Å². The third-order valence-corrected chi connectivity index (χ3v) is 3.90. The van der Waals surface area contributed by atoms with Gasteiger partial charge in [0.1, 0.15) is 25.1 Å². The van der Waals surface area contributed by atoms with Gasteiger partial charge in [-0.1, -0.05) is 23.2 Å². The second-order valence-electron chi connectivity index (χ2n) is 5.51. The molecule has 1 aliphatic rings. The summed E-state index contributed by atoms with van der Waals surface area (Å²) in [7, 11) is 0.